The van der Waals surface area contributed by atoms with Gasteiger partial charge in [-0.1, -0.05) is 78.0 Å². The summed E-state index contributed by atoms with van der Waals surface area (Å²) >= 11 is 0. The normalized spacial score (nSPS) is 18.7. The van der Waals surface area contributed by atoms with Gasteiger partial charge in [0.25, 0.3) is 0 Å². The Morgan fingerprint density at radius 3 is 0.930 bits per heavy atom. The summed E-state index contributed by atoms with van der Waals surface area (Å²) < 4.78 is 0. The molecule has 0 saturated heterocycles. The van der Waals surface area contributed by atoms with Gasteiger partial charge in [-0.2, -0.15) is 0 Å². The Labute approximate surface area is 269 Å². The van der Waals surface area contributed by atoms with Crippen LogP contribution in [0.4, 0.5) is 0 Å². The maximum atomic E-state index is 4.37. The standard InChI is InChI=1S/3C12H14N2.Ru/c3*1-12(2)6-8-14-11(9-12)10-5-3-4-7-13-10;/h3*3-8H,9H2,1-2H3;. The number of allylic oxidation sites excluding steroid dienone is 3. The zero-order valence-corrected chi connectivity index (χ0v) is 27.8. The number of rotatable bonds is 3. The Bertz CT molecular complexity index is 1310. The first-order valence-corrected chi connectivity index (χ1v) is 14.5. The predicted octanol–water partition coefficient (Wildman–Crippen LogP) is 8.44. The molecule has 3 aliphatic heterocycles. The summed E-state index contributed by atoms with van der Waals surface area (Å²) in [6, 6.07) is 17.8. The molecule has 43 heavy (non-hydrogen) atoms. The smallest absolute Gasteiger partial charge is 0.0844 e. The minimum atomic E-state index is 0. The third-order valence-electron chi connectivity index (χ3n) is 7.02. The molecule has 0 unspecified atom stereocenters. The van der Waals surface area contributed by atoms with Crippen LogP contribution < -0.4 is 0 Å². The third kappa shape index (κ3) is 10.8. The molecule has 3 aliphatic rings. The fourth-order valence-corrected chi connectivity index (χ4v) is 4.67. The maximum Gasteiger partial charge on any atom is 0.0844 e. The molecule has 6 nitrogen and oxygen atoms in total. The molecule has 0 N–H and O–H groups in total. The molecule has 0 amide bonds. The molecule has 224 valence electrons. The Morgan fingerprint density at radius 2 is 0.721 bits per heavy atom. The number of aliphatic imine (C=N–C) groups is 3. The van der Waals surface area contributed by atoms with Crippen LogP contribution in [-0.4, -0.2) is 32.1 Å². The SMILES string of the molecule is CC1(C)C=CN=C(c2ccccn2)C1.CC1(C)C=CN=C(c2ccccn2)C1.CC1(C)C=CN=C(c2ccccn2)C1.[Ru]. The second kappa shape index (κ2) is 15.2. The van der Waals surface area contributed by atoms with E-state index in [1.165, 1.54) is 0 Å². The van der Waals surface area contributed by atoms with Crippen molar-refractivity contribution in [3.63, 3.8) is 0 Å². The van der Waals surface area contributed by atoms with E-state index in [1.54, 1.807) is 0 Å². The second-order valence-corrected chi connectivity index (χ2v) is 12.8. The molecular weight excluding hydrogens is 618 g/mol. The largest absolute Gasteiger partial charge is 0.259 e. The molecule has 0 spiro atoms. The van der Waals surface area contributed by atoms with Gasteiger partial charge in [-0.25, -0.2) is 0 Å². The van der Waals surface area contributed by atoms with Crippen LogP contribution in [0, 0.1) is 16.2 Å². The Kier molecular flexibility index (Phi) is 11.9. The van der Waals surface area contributed by atoms with Gasteiger partial charge < -0.3 is 0 Å². The summed E-state index contributed by atoms with van der Waals surface area (Å²) in [6.45, 7) is 13.3. The van der Waals surface area contributed by atoms with Gasteiger partial charge in [-0.05, 0) is 52.6 Å². The predicted molar refractivity (Wildman–Crippen MR) is 175 cm³/mol. The first-order valence-electron chi connectivity index (χ1n) is 14.5. The molecule has 0 saturated carbocycles. The van der Waals surface area contributed by atoms with Crippen molar-refractivity contribution >= 4 is 17.1 Å². The average molecular weight is 660 g/mol. The van der Waals surface area contributed by atoms with Gasteiger partial charge in [-0.15, -0.1) is 0 Å². The van der Waals surface area contributed by atoms with Crippen molar-refractivity contribution in [2.45, 2.75) is 60.8 Å². The summed E-state index contributed by atoms with van der Waals surface area (Å²) in [6.07, 6.45) is 20.4. The number of nitrogens with zero attached hydrogens (tertiary/aromatic N) is 6. The quantitative estimate of drug-likeness (QED) is 0.265. The van der Waals surface area contributed by atoms with Gasteiger partial charge in [0.2, 0.25) is 0 Å². The van der Waals surface area contributed by atoms with Gasteiger partial charge in [0.05, 0.1) is 34.2 Å². The van der Waals surface area contributed by atoms with Crippen molar-refractivity contribution in [2.75, 3.05) is 0 Å². The van der Waals surface area contributed by atoms with E-state index in [0.29, 0.717) is 0 Å². The summed E-state index contributed by atoms with van der Waals surface area (Å²) in [5, 5.41) is 0. The summed E-state index contributed by atoms with van der Waals surface area (Å²) in [7, 11) is 0. The second-order valence-electron chi connectivity index (χ2n) is 12.8. The van der Waals surface area contributed by atoms with E-state index < -0.39 is 0 Å². The summed E-state index contributed by atoms with van der Waals surface area (Å²) in [4.78, 5) is 26.0. The number of aromatic nitrogens is 3. The minimum absolute atomic E-state index is 0. The van der Waals surface area contributed by atoms with Crippen LogP contribution in [0.1, 0.15) is 77.9 Å². The fourth-order valence-electron chi connectivity index (χ4n) is 4.67. The molecule has 3 aromatic rings. The molecule has 0 bridgehead atoms. The van der Waals surface area contributed by atoms with Gasteiger partial charge in [-0.3, -0.25) is 29.9 Å². The molecule has 0 aliphatic carbocycles. The van der Waals surface area contributed by atoms with E-state index in [4.69, 9.17) is 0 Å². The Balaban J connectivity index is 0.000000175. The Hall–Kier alpha value is -3.70. The molecule has 0 atom stereocenters. The number of hydrogen-bond acceptors (Lipinski definition) is 6. The fraction of sp³-hybridized carbons (Fsp3) is 0.333. The van der Waals surface area contributed by atoms with E-state index in [0.717, 1.165) is 53.5 Å². The van der Waals surface area contributed by atoms with Crippen molar-refractivity contribution in [1.82, 2.24) is 15.0 Å². The average Bonchev–Trinajstić information content (AvgIpc) is 2.98. The first kappa shape index (κ1) is 33.8. The summed E-state index contributed by atoms with van der Waals surface area (Å²) in [5.74, 6) is 0. The van der Waals surface area contributed by atoms with Crippen molar-refractivity contribution in [1.29, 1.82) is 0 Å². The van der Waals surface area contributed by atoms with Crippen LogP contribution in [0.15, 0.2) is 125 Å². The van der Waals surface area contributed by atoms with Crippen LogP contribution in [0.5, 0.6) is 0 Å². The zero-order valence-electron chi connectivity index (χ0n) is 26.1. The monoisotopic (exact) mass is 660 g/mol. The molecular formula is C36H42N6Ru. The van der Waals surface area contributed by atoms with Crippen LogP contribution in [0.25, 0.3) is 0 Å². The van der Waals surface area contributed by atoms with Gasteiger partial charge in [0.1, 0.15) is 0 Å². The van der Waals surface area contributed by atoms with Crippen LogP contribution in [0.2, 0.25) is 0 Å². The maximum absolute atomic E-state index is 4.37. The van der Waals surface area contributed by atoms with Gasteiger partial charge in [0.15, 0.2) is 0 Å². The molecule has 0 fully saturated rings. The molecule has 0 aromatic carbocycles. The van der Waals surface area contributed by atoms with Crippen molar-refractivity contribution < 1.29 is 19.5 Å². The molecule has 0 radical (unpaired) electrons. The Morgan fingerprint density at radius 1 is 0.442 bits per heavy atom. The molecule has 3 aromatic heterocycles. The molecule has 6 heterocycles. The van der Waals surface area contributed by atoms with E-state index in [1.807, 2.05) is 91.8 Å². The van der Waals surface area contributed by atoms with Crippen LogP contribution >= 0.6 is 0 Å². The van der Waals surface area contributed by atoms with Gasteiger partial charge in [0, 0.05) is 75.9 Å². The topological polar surface area (TPSA) is 75.8 Å². The third-order valence-corrected chi connectivity index (χ3v) is 7.02. The number of pyridine rings is 3. The molecule has 7 heteroatoms. The number of hydrogen-bond donors (Lipinski definition) is 0. The van der Waals surface area contributed by atoms with Crippen molar-refractivity contribution in [3.05, 3.63) is 127 Å². The van der Waals surface area contributed by atoms with Crippen LogP contribution in [0.3, 0.4) is 0 Å². The van der Waals surface area contributed by atoms with Gasteiger partial charge >= 0.3 is 0 Å². The molecule has 6 rings (SSSR count). The van der Waals surface area contributed by atoms with Crippen molar-refractivity contribution in [3.8, 4) is 0 Å². The van der Waals surface area contributed by atoms with E-state index in [9.17, 15) is 0 Å². The van der Waals surface area contributed by atoms with E-state index in [2.05, 4.69) is 89.7 Å². The van der Waals surface area contributed by atoms with Crippen molar-refractivity contribution in [2.24, 2.45) is 31.2 Å². The van der Waals surface area contributed by atoms with E-state index >= 15 is 0 Å². The van der Waals surface area contributed by atoms with E-state index in [-0.39, 0.29) is 35.7 Å². The minimum Gasteiger partial charge on any atom is -0.259 e. The zero-order chi connectivity index (χ0) is 30.1. The van der Waals surface area contributed by atoms with Crippen LogP contribution in [-0.2, 0) is 19.5 Å². The summed E-state index contributed by atoms with van der Waals surface area (Å²) in [5.41, 5.74) is 6.83. The first-order chi connectivity index (χ1) is 20.0.